The van der Waals surface area contributed by atoms with Crippen molar-refractivity contribution in [3.8, 4) is 0 Å². The molecule has 50 heavy (non-hydrogen) atoms. The molecule has 6 aliphatic carbocycles. The fraction of sp³-hybridized carbons (Fsp3) is 0.130. The first-order valence-electron chi connectivity index (χ1n) is 17.3. The zero-order valence-corrected chi connectivity index (χ0v) is 27.4. The highest BCUT2D eigenvalue weighted by Crippen LogP contribution is 2.45. The lowest BCUT2D eigenvalue weighted by molar-refractivity contribution is -0.159. The van der Waals surface area contributed by atoms with Crippen LogP contribution in [0.5, 0.6) is 0 Å². The van der Waals surface area contributed by atoms with E-state index in [2.05, 4.69) is 84.9 Å². The van der Waals surface area contributed by atoms with Crippen LogP contribution in [0.2, 0.25) is 0 Å². The van der Waals surface area contributed by atoms with Crippen molar-refractivity contribution < 1.29 is 19.1 Å². The van der Waals surface area contributed by atoms with Gasteiger partial charge in [0.05, 0.1) is 0 Å². The van der Waals surface area contributed by atoms with Crippen molar-refractivity contribution in [2.45, 2.75) is 32.1 Å². The second-order valence-corrected chi connectivity index (χ2v) is 13.7. The number of allylic oxidation sites excluding steroid dienone is 7. The van der Waals surface area contributed by atoms with Gasteiger partial charge in [-0.3, -0.25) is 9.59 Å². The fourth-order valence-corrected chi connectivity index (χ4v) is 8.59. The molecule has 0 aromatic heterocycles. The summed E-state index contributed by atoms with van der Waals surface area (Å²) < 4.78 is 12.5. The minimum absolute atomic E-state index is 0.187. The zero-order chi connectivity index (χ0) is 33.4. The van der Waals surface area contributed by atoms with Crippen LogP contribution in [0.3, 0.4) is 0 Å². The van der Waals surface area contributed by atoms with E-state index in [9.17, 15) is 9.59 Å². The van der Waals surface area contributed by atoms with Crippen LogP contribution in [0.1, 0.15) is 28.7 Å². The van der Waals surface area contributed by atoms with E-state index in [1.54, 1.807) is 6.08 Å². The van der Waals surface area contributed by atoms with Crippen molar-refractivity contribution in [1.82, 2.24) is 0 Å². The summed E-state index contributed by atoms with van der Waals surface area (Å²) in [5.74, 6) is -0.330. The Kier molecular flexibility index (Phi) is 6.38. The SMILES string of the molecule is O=C(OC1=c2ccc3c(c2CC=C1)CC=c1ccccc1=3)C1(C(=O)OC2=c3ccc4c(c3CC=C2)CC=c2ccccc2=4)C=C2C=CC=C2C1. The minimum atomic E-state index is -1.62. The first-order valence-corrected chi connectivity index (χ1v) is 17.3. The van der Waals surface area contributed by atoms with Gasteiger partial charge < -0.3 is 9.47 Å². The van der Waals surface area contributed by atoms with Gasteiger partial charge in [-0.05, 0) is 109 Å². The number of hydrogen-bond donors (Lipinski definition) is 0. The number of hydrogen-bond acceptors (Lipinski definition) is 4. The molecule has 0 amide bonds. The van der Waals surface area contributed by atoms with Gasteiger partial charge in [-0.1, -0.05) is 115 Å². The number of carbonyl (C=O) groups is 2. The Morgan fingerprint density at radius 1 is 0.540 bits per heavy atom. The molecule has 0 atom stereocenters. The van der Waals surface area contributed by atoms with Gasteiger partial charge in [-0.25, -0.2) is 0 Å². The summed E-state index contributed by atoms with van der Waals surface area (Å²) in [4.78, 5) is 28.9. The van der Waals surface area contributed by atoms with Gasteiger partial charge in [0.25, 0.3) is 0 Å². The van der Waals surface area contributed by atoms with Crippen LogP contribution in [0.15, 0.2) is 133 Å². The Hall–Kier alpha value is -6.00. The highest BCUT2D eigenvalue weighted by molar-refractivity contribution is 6.06. The molecule has 6 aliphatic rings. The van der Waals surface area contributed by atoms with Crippen LogP contribution >= 0.6 is 0 Å². The van der Waals surface area contributed by atoms with Crippen molar-refractivity contribution in [1.29, 1.82) is 0 Å². The standard InChI is InChI=1S/C46H32O4/c47-44(49-42-16-6-14-34-38-20-18-28-8-1-3-12-32(28)36(38)22-24-40(34)42)46(26-30-10-5-11-31(30)27-46)45(48)50-43-17-7-15-35-39-21-19-29-9-2-4-13-33(29)37(39)23-25-41(35)43/h1-13,16-19,22-26H,14-15,20-21,27H2. The molecule has 0 saturated heterocycles. The lowest BCUT2D eigenvalue weighted by Gasteiger charge is -2.25. The number of ether oxygens (including phenoxy) is 2. The van der Waals surface area contributed by atoms with E-state index in [-0.39, 0.29) is 6.42 Å². The van der Waals surface area contributed by atoms with Crippen molar-refractivity contribution in [2.24, 2.45) is 5.41 Å². The van der Waals surface area contributed by atoms with E-state index < -0.39 is 17.4 Å². The third-order valence-corrected chi connectivity index (χ3v) is 11.1. The Balaban J connectivity index is 1.06. The minimum Gasteiger partial charge on any atom is -0.425 e. The van der Waals surface area contributed by atoms with E-state index >= 15 is 0 Å². The molecule has 10 rings (SSSR count). The first-order chi connectivity index (χ1) is 24.6. The molecule has 4 nitrogen and oxygen atoms in total. The molecule has 0 radical (unpaired) electrons. The topological polar surface area (TPSA) is 52.6 Å². The van der Waals surface area contributed by atoms with E-state index in [1.165, 1.54) is 42.4 Å². The van der Waals surface area contributed by atoms with Gasteiger partial charge in [0.2, 0.25) is 0 Å². The Bertz CT molecular complexity index is 2710. The van der Waals surface area contributed by atoms with Crippen molar-refractivity contribution in [2.75, 3.05) is 0 Å². The predicted molar refractivity (Wildman–Crippen MR) is 193 cm³/mol. The summed E-state index contributed by atoms with van der Waals surface area (Å²) in [6.07, 6.45) is 23.2. The van der Waals surface area contributed by atoms with E-state index in [0.29, 0.717) is 11.5 Å². The average molecular weight is 649 g/mol. The summed E-state index contributed by atoms with van der Waals surface area (Å²) in [5, 5.41) is 9.13. The highest BCUT2D eigenvalue weighted by atomic mass is 16.6. The summed E-state index contributed by atoms with van der Waals surface area (Å²) in [5.41, 5.74) is 4.99. The number of carbonyl (C=O) groups excluding carboxylic acids is 2. The molecule has 0 saturated carbocycles. The molecule has 4 aromatic carbocycles. The van der Waals surface area contributed by atoms with Crippen LogP contribution in [-0.2, 0) is 44.7 Å². The van der Waals surface area contributed by atoms with Crippen LogP contribution < -0.4 is 20.9 Å². The molecule has 0 aliphatic heterocycles. The number of benzene rings is 4. The van der Waals surface area contributed by atoms with Gasteiger partial charge in [0, 0.05) is 16.9 Å². The Morgan fingerprint density at radius 3 is 1.58 bits per heavy atom. The third kappa shape index (κ3) is 4.31. The number of rotatable bonds is 4. The lowest BCUT2D eigenvalue weighted by atomic mass is 9.86. The molecule has 0 spiro atoms. The second-order valence-electron chi connectivity index (χ2n) is 13.7. The van der Waals surface area contributed by atoms with Crippen molar-refractivity contribution >= 4 is 35.6 Å². The quantitative estimate of drug-likeness (QED) is 0.232. The fourth-order valence-electron chi connectivity index (χ4n) is 8.59. The van der Waals surface area contributed by atoms with Gasteiger partial charge in [-0.15, -0.1) is 0 Å². The van der Waals surface area contributed by atoms with Crippen LogP contribution in [0.4, 0.5) is 0 Å². The third-order valence-electron chi connectivity index (χ3n) is 11.1. The maximum atomic E-state index is 14.5. The summed E-state index contributed by atoms with van der Waals surface area (Å²) in [6, 6.07) is 25.3. The van der Waals surface area contributed by atoms with Crippen LogP contribution in [0, 0.1) is 26.3 Å². The molecule has 240 valence electrons. The first kappa shape index (κ1) is 29.0. The second kappa shape index (κ2) is 11.0. The predicted octanol–water partition coefficient (Wildman–Crippen LogP) is 4.97. The molecular formula is C46H32O4. The van der Waals surface area contributed by atoms with Gasteiger partial charge >= 0.3 is 11.9 Å². The normalized spacial score (nSPS) is 17.8. The van der Waals surface area contributed by atoms with Crippen molar-refractivity contribution in [3.05, 3.63) is 197 Å². The van der Waals surface area contributed by atoms with Gasteiger partial charge in [0.1, 0.15) is 11.5 Å². The van der Waals surface area contributed by atoms with Gasteiger partial charge in [0.15, 0.2) is 5.41 Å². The summed E-state index contributed by atoms with van der Waals surface area (Å²) in [6.45, 7) is 0. The maximum absolute atomic E-state index is 14.5. The monoisotopic (exact) mass is 648 g/mol. The molecular weight excluding hydrogens is 617 g/mol. The van der Waals surface area contributed by atoms with E-state index in [4.69, 9.17) is 9.47 Å². The highest BCUT2D eigenvalue weighted by Gasteiger charge is 2.52. The van der Waals surface area contributed by atoms with E-state index in [1.807, 2.05) is 42.5 Å². The lowest BCUT2D eigenvalue weighted by Crippen LogP contribution is -2.40. The number of esters is 2. The maximum Gasteiger partial charge on any atom is 0.333 e. The summed E-state index contributed by atoms with van der Waals surface area (Å²) >= 11 is 0. The van der Waals surface area contributed by atoms with E-state index in [0.717, 1.165) is 58.4 Å². The molecule has 0 bridgehead atoms. The van der Waals surface area contributed by atoms with Crippen molar-refractivity contribution in [3.63, 3.8) is 0 Å². The molecule has 4 aromatic rings. The van der Waals surface area contributed by atoms with Crippen LogP contribution in [0.25, 0.3) is 23.7 Å². The number of fused-ring (bicyclic) bond motifs is 9. The largest absolute Gasteiger partial charge is 0.425 e. The van der Waals surface area contributed by atoms with Gasteiger partial charge in [-0.2, -0.15) is 0 Å². The van der Waals surface area contributed by atoms with Crippen LogP contribution in [-0.4, -0.2) is 11.9 Å². The summed E-state index contributed by atoms with van der Waals surface area (Å²) in [7, 11) is 0. The molecule has 0 N–H and O–H groups in total. The smallest absolute Gasteiger partial charge is 0.333 e. The molecule has 0 fully saturated rings. The molecule has 0 heterocycles. The molecule has 0 unspecified atom stereocenters. The average Bonchev–Trinajstić information content (AvgIpc) is 3.76. The zero-order valence-electron chi connectivity index (χ0n) is 27.4. The molecule has 4 heteroatoms. The Morgan fingerprint density at radius 2 is 1.04 bits per heavy atom. The Labute approximate surface area is 288 Å².